The summed E-state index contributed by atoms with van der Waals surface area (Å²) in [5, 5.41) is 0. The summed E-state index contributed by atoms with van der Waals surface area (Å²) in [7, 11) is 1.62. The zero-order valence-corrected chi connectivity index (χ0v) is 9.40. The lowest BCUT2D eigenvalue weighted by molar-refractivity contribution is -0.275. The Labute approximate surface area is 85.5 Å². The molecule has 4 heteroatoms. The van der Waals surface area contributed by atoms with Gasteiger partial charge in [-0.15, -0.1) is 0 Å². The lowest BCUT2D eigenvalue weighted by Crippen LogP contribution is -2.35. The molecule has 0 saturated carbocycles. The number of ether oxygens (including phenoxy) is 4. The molecule has 1 heterocycles. The van der Waals surface area contributed by atoms with Crippen molar-refractivity contribution in [1.82, 2.24) is 0 Å². The van der Waals surface area contributed by atoms with Crippen molar-refractivity contribution in [3.05, 3.63) is 0 Å². The van der Waals surface area contributed by atoms with Crippen molar-refractivity contribution in [2.24, 2.45) is 5.92 Å². The maximum absolute atomic E-state index is 5.58. The van der Waals surface area contributed by atoms with E-state index in [2.05, 4.69) is 18.6 Å². The van der Waals surface area contributed by atoms with Gasteiger partial charge in [-0.25, -0.2) is 0 Å². The summed E-state index contributed by atoms with van der Waals surface area (Å²) in [6.45, 7) is 6.60. The second kappa shape index (κ2) is 5.66. The molecule has 1 saturated heterocycles. The standard InChI is InChI=1S/C10H20O4/c1-5-7(2)9-10(13-6-12-9)14-8(3)11-4/h7-10H,5-6H2,1-4H3/p+1. The molecule has 0 aliphatic carbocycles. The molecule has 0 aromatic heterocycles. The van der Waals surface area contributed by atoms with Gasteiger partial charge in [0.05, 0.1) is 0 Å². The minimum absolute atomic E-state index is 0.0811. The molecule has 1 N–H and O–H groups in total. The molecule has 4 nitrogen and oxygen atoms in total. The zero-order valence-electron chi connectivity index (χ0n) is 9.40. The topological polar surface area (TPSA) is 40.5 Å². The highest BCUT2D eigenvalue weighted by Crippen LogP contribution is 2.22. The maximum Gasteiger partial charge on any atom is 0.296 e. The minimum Gasteiger partial charge on any atom is -0.386 e. The number of hydrogen-bond acceptors (Lipinski definition) is 3. The van der Waals surface area contributed by atoms with Gasteiger partial charge < -0.3 is 9.47 Å². The molecule has 0 aromatic carbocycles. The number of methoxy groups -OCH3 is 1. The Hall–Kier alpha value is -0.160. The average molecular weight is 205 g/mol. The van der Waals surface area contributed by atoms with Crippen LogP contribution in [-0.4, -0.2) is 37.3 Å². The Bertz CT molecular complexity index is 162. The van der Waals surface area contributed by atoms with Gasteiger partial charge in [-0.1, -0.05) is 20.3 Å². The van der Waals surface area contributed by atoms with E-state index < -0.39 is 0 Å². The Kier molecular flexibility index (Phi) is 4.81. The van der Waals surface area contributed by atoms with E-state index in [0.29, 0.717) is 12.7 Å². The molecule has 1 rings (SSSR count). The summed E-state index contributed by atoms with van der Waals surface area (Å²) in [6, 6.07) is 0. The maximum atomic E-state index is 5.58. The molecule has 4 unspecified atom stereocenters. The van der Waals surface area contributed by atoms with E-state index in [4.69, 9.17) is 14.2 Å². The molecule has 0 spiro atoms. The van der Waals surface area contributed by atoms with Crippen LogP contribution in [0.3, 0.4) is 0 Å². The van der Waals surface area contributed by atoms with Crippen LogP contribution >= 0.6 is 0 Å². The van der Waals surface area contributed by atoms with Gasteiger partial charge in [0.25, 0.3) is 13.1 Å². The van der Waals surface area contributed by atoms with Crippen molar-refractivity contribution in [3.63, 3.8) is 0 Å². The largest absolute Gasteiger partial charge is 0.386 e. The predicted molar refractivity (Wildman–Crippen MR) is 52.8 cm³/mol. The summed E-state index contributed by atoms with van der Waals surface area (Å²) in [6.07, 6.45) is 0.760. The normalized spacial score (nSPS) is 31.7. The van der Waals surface area contributed by atoms with Crippen LogP contribution in [0.4, 0.5) is 0 Å². The van der Waals surface area contributed by atoms with E-state index in [1.165, 1.54) is 0 Å². The van der Waals surface area contributed by atoms with Gasteiger partial charge in [0.2, 0.25) is 0 Å². The van der Waals surface area contributed by atoms with E-state index in [1.54, 1.807) is 7.11 Å². The first-order valence-electron chi connectivity index (χ1n) is 5.15. The second-order valence-corrected chi connectivity index (χ2v) is 3.66. The van der Waals surface area contributed by atoms with E-state index in [-0.39, 0.29) is 18.7 Å². The third-order valence-electron chi connectivity index (χ3n) is 2.67. The van der Waals surface area contributed by atoms with E-state index in [9.17, 15) is 0 Å². The van der Waals surface area contributed by atoms with Gasteiger partial charge in [0.1, 0.15) is 0 Å². The van der Waals surface area contributed by atoms with Crippen LogP contribution < -0.4 is 0 Å². The highest BCUT2D eigenvalue weighted by Gasteiger charge is 2.39. The molecule has 84 valence electrons. The number of aliphatic hydroxyl groups is 2. The fraction of sp³-hybridized carbons (Fsp3) is 1.00. The molecule has 0 radical (unpaired) electrons. The van der Waals surface area contributed by atoms with Gasteiger partial charge in [-0.05, 0) is 12.8 Å². The van der Waals surface area contributed by atoms with Crippen LogP contribution in [0.1, 0.15) is 27.2 Å². The molecule has 14 heavy (non-hydrogen) atoms. The highest BCUT2D eigenvalue weighted by atomic mass is 16.8. The molecular formula is C10H21O4+. The third-order valence-corrected chi connectivity index (χ3v) is 2.67. The van der Waals surface area contributed by atoms with Crippen molar-refractivity contribution < 1.29 is 18.9 Å². The van der Waals surface area contributed by atoms with Crippen molar-refractivity contribution in [2.75, 3.05) is 13.9 Å². The first-order valence-corrected chi connectivity index (χ1v) is 5.15. The van der Waals surface area contributed by atoms with E-state index in [0.717, 1.165) is 6.42 Å². The molecule has 0 amide bonds. The van der Waals surface area contributed by atoms with Gasteiger partial charge in [0, 0.05) is 7.11 Å². The van der Waals surface area contributed by atoms with Crippen molar-refractivity contribution >= 4 is 0 Å². The average Bonchev–Trinajstić information content (AvgIpc) is 2.64. The summed E-state index contributed by atoms with van der Waals surface area (Å²) in [4.78, 5) is 0. The SMILES string of the molecule is CCC(C)C1OC[OH+]C1OC(C)OC. The Balaban J connectivity index is 2.42. The second-order valence-electron chi connectivity index (χ2n) is 3.66. The summed E-state index contributed by atoms with van der Waals surface area (Å²) in [5.74, 6) is 0.468. The molecular weight excluding hydrogens is 184 g/mol. The Morgan fingerprint density at radius 2 is 2.21 bits per heavy atom. The smallest absolute Gasteiger partial charge is 0.296 e. The molecule has 0 bridgehead atoms. The van der Waals surface area contributed by atoms with Crippen LogP contribution in [0.5, 0.6) is 0 Å². The first-order chi connectivity index (χ1) is 6.69. The minimum atomic E-state index is -0.225. The predicted octanol–water partition coefficient (Wildman–Crippen LogP) is 1.25. The monoisotopic (exact) mass is 205 g/mol. The molecule has 0 aromatic rings. The summed E-state index contributed by atoms with van der Waals surface area (Å²) < 4.78 is 20.4. The number of rotatable bonds is 5. The van der Waals surface area contributed by atoms with Crippen LogP contribution in [0, 0.1) is 5.92 Å². The fourth-order valence-corrected chi connectivity index (χ4v) is 1.44. The lowest BCUT2D eigenvalue weighted by Gasteiger charge is -2.20. The summed E-state index contributed by atoms with van der Waals surface area (Å²) in [5.41, 5.74) is 0. The van der Waals surface area contributed by atoms with Crippen LogP contribution in [-0.2, 0) is 14.2 Å². The molecule has 4 atom stereocenters. The number of hydrogen-bond donors (Lipinski definition) is 0. The van der Waals surface area contributed by atoms with E-state index >= 15 is 0 Å². The van der Waals surface area contributed by atoms with Crippen LogP contribution in [0.2, 0.25) is 0 Å². The molecule has 1 fully saturated rings. The lowest BCUT2D eigenvalue weighted by atomic mass is 10.0. The quantitative estimate of drug-likeness (QED) is 0.501. The first kappa shape index (κ1) is 11.9. The van der Waals surface area contributed by atoms with Gasteiger partial charge in [-0.2, -0.15) is 0 Å². The molecule has 1 aliphatic rings. The van der Waals surface area contributed by atoms with Crippen molar-refractivity contribution in [2.45, 2.75) is 45.9 Å². The van der Waals surface area contributed by atoms with E-state index in [1.807, 2.05) is 6.92 Å². The third kappa shape index (κ3) is 2.92. The van der Waals surface area contributed by atoms with Crippen LogP contribution in [0.15, 0.2) is 0 Å². The summed E-state index contributed by atoms with van der Waals surface area (Å²) >= 11 is 0. The Morgan fingerprint density at radius 3 is 2.79 bits per heavy atom. The van der Waals surface area contributed by atoms with Gasteiger partial charge in [-0.3, -0.25) is 9.47 Å². The highest BCUT2D eigenvalue weighted by molar-refractivity contribution is 4.71. The van der Waals surface area contributed by atoms with Gasteiger partial charge >= 0.3 is 0 Å². The van der Waals surface area contributed by atoms with Crippen LogP contribution in [0.25, 0.3) is 0 Å². The molecule has 1 aliphatic heterocycles. The fourth-order valence-electron chi connectivity index (χ4n) is 1.44. The van der Waals surface area contributed by atoms with Gasteiger partial charge in [0.15, 0.2) is 12.4 Å². The van der Waals surface area contributed by atoms with Crippen molar-refractivity contribution in [1.29, 1.82) is 0 Å². The zero-order chi connectivity index (χ0) is 10.6. The van der Waals surface area contributed by atoms with Crippen molar-refractivity contribution in [3.8, 4) is 0 Å². The Morgan fingerprint density at radius 1 is 1.50 bits per heavy atom.